The number of fused-ring (bicyclic) bond motifs is 1. The zero-order valence-corrected chi connectivity index (χ0v) is 17.0. The van der Waals surface area contributed by atoms with Gasteiger partial charge in [-0.15, -0.1) is 0 Å². The predicted molar refractivity (Wildman–Crippen MR) is 122 cm³/mol. The van der Waals surface area contributed by atoms with Crippen LogP contribution in [0.3, 0.4) is 0 Å². The highest BCUT2D eigenvalue weighted by molar-refractivity contribution is 6.19. The van der Waals surface area contributed by atoms with Crippen LogP contribution in [0.15, 0.2) is 76.4 Å². The lowest BCUT2D eigenvalue weighted by Gasteiger charge is -2.29. The average Bonchev–Trinajstić information content (AvgIpc) is 2.95. The van der Waals surface area contributed by atoms with Crippen LogP contribution in [0.4, 0.5) is 5.69 Å². The number of anilines is 1. The van der Waals surface area contributed by atoms with Gasteiger partial charge >= 0.3 is 0 Å². The van der Waals surface area contributed by atoms with Crippen LogP contribution in [0, 0.1) is 5.41 Å². The average molecular weight is 416 g/mol. The van der Waals surface area contributed by atoms with Crippen molar-refractivity contribution in [2.45, 2.75) is 6.17 Å². The number of nitrogens with one attached hydrogen (secondary N) is 2. The van der Waals surface area contributed by atoms with E-state index in [9.17, 15) is 4.79 Å². The maximum Gasteiger partial charge on any atom is 0.271 e. The first-order chi connectivity index (χ1) is 15.2. The van der Waals surface area contributed by atoms with Gasteiger partial charge in [0.05, 0.1) is 30.3 Å². The number of nitrogens with zero attached hydrogens (tertiary/aromatic N) is 3. The molecule has 158 valence electrons. The van der Waals surface area contributed by atoms with Crippen molar-refractivity contribution in [3.8, 4) is 0 Å². The summed E-state index contributed by atoms with van der Waals surface area (Å²) in [5, 5.41) is 10.6. The standard InChI is InChI=1S/C23H24N6O2/c24-15-17(29-10-12-31-13-11-29)14-20(25)27-22-23(30)26-19-9-5-4-8-18(19)21(28-22)16-6-2-1-3-7-16/h1-9,14-15,22,24H,10-13H2,(H2,25,27)(H,26,30)/b17-14+,24-15?. The molecule has 4 rings (SSSR count). The molecule has 0 aliphatic carbocycles. The number of rotatable bonds is 5. The van der Waals surface area contributed by atoms with Gasteiger partial charge in [0.25, 0.3) is 5.91 Å². The number of carbonyl (C=O) groups is 1. The SMILES string of the molecule is N=C/C(=C\C(N)=N\C1N=C(c2ccccc2)c2ccccc2NC1=O)N1CCOCC1. The Morgan fingerprint density at radius 3 is 2.61 bits per heavy atom. The molecule has 8 heteroatoms. The van der Waals surface area contributed by atoms with Crippen molar-refractivity contribution in [2.75, 3.05) is 31.6 Å². The van der Waals surface area contributed by atoms with E-state index in [2.05, 4.69) is 15.3 Å². The van der Waals surface area contributed by atoms with Crippen molar-refractivity contribution in [1.82, 2.24) is 4.90 Å². The number of carbonyl (C=O) groups excluding carboxylic acids is 1. The van der Waals surface area contributed by atoms with E-state index in [1.807, 2.05) is 59.5 Å². The molecule has 0 radical (unpaired) electrons. The zero-order valence-electron chi connectivity index (χ0n) is 17.0. The fourth-order valence-corrected chi connectivity index (χ4v) is 3.54. The Kier molecular flexibility index (Phi) is 6.18. The Morgan fingerprint density at radius 2 is 1.87 bits per heavy atom. The van der Waals surface area contributed by atoms with E-state index in [1.165, 1.54) is 6.21 Å². The molecule has 1 amide bonds. The van der Waals surface area contributed by atoms with Crippen LogP contribution in [0.5, 0.6) is 0 Å². The van der Waals surface area contributed by atoms with Crippen molar-refractivity contribution in [3.63, 3.8) is 0 Å². The molecule has 0 spiro atoms. The molecule has 2 aromatic carbocycles. The number of nitrogens with two attached hydrogens (primary N) is 1. The summed E-state index contributed by atoms with van der Waals surface area (Å²) < 4.78 is 5.36. The van der Waals surface area contributed by atoms with E-state index < -0.39 is 6.17 Å². The normalized spacial score (nSPS) is 19.7. The largest absolute Gasteiger partial charge is 0.384 e. The van der Waals surface area contributed by atoms with Crippen molar-refractivity contribution >= 4 is 29.4 Å². The topological polar surface area (TPSA) is 116 Å². The van der Waals surface area contributed by atoms with Gasteiger partial charge in [-0.1, -0.05) is 48.5 Å². The highest BCUT2D eigenvalue weighted by Crippen LogP contribution is 2.24. The number of para-hydroxylation sites is 1. The zero-order chi connectivity index (χ0) is 21.6. The number of allylic oxidation sites excluding steroid dienone is 1. The molecule has 2 aromatic rings. The lowest BCUT2D eigenvalue weighted by molar-refractivity contribution is -0.117. The molecule has 2 heterocycles. The third-order valence-electron chi connectivity index (χ3n) is 5.06. The molecular formula is C23H24N6O2. The molecule has 8 nitrogen and oxygen atoms in total. The van der Waals surface area contributed by atoms with E-state index >= 15 is 0 Å². The molecule has 0 saturated carbocycles. The molecule has 0 bridgehead atoms. The molecule has 1 fully saturated rings. The minimum Gasteiger partial charge on any atom is -0.384 e. The summed E-state index contributed by atoms with van der Waals surface area (Å²) in [4.78, 5) is 23.9. The molecule has 2 aliphatic rings. The van der Waals surface area contributed by atoms with E-state index in [-0.39, 0.29) is 11.7 Å². The Bertz CT molecular complexity index is 1050. The van der Waals surface area contributed by atoms with Gasteiger partial charge in [-0.05, 0) is 6.07 Å². The number of hydrogen-bond acceptors (Lipinski definition) is 6. The molecule has 2 aliphatic heterocycles. The molecule has 1 atom stereocenters. The van der Waals surface area contributed by atoms with Crippen LogP contribution < -0.4 is 11.1 Å². The van der Waals surface area contributed by atoms with Crippen LogP contribution in [0.1, 0.15) is 11.1 Å². The second kappa shape index (κ2) is 9.36. The third-order valence-corrected chi connectivity index (χ3v) is 5.06. The predicted octanol–water partition coefficient (Wildman–Crippen LogP) is 2.03. The summed E-state index contributed by atoms with van der Waals surface area (Å²) >= 11 is 0. The van der Waals surface area contributed by atoms with Gasteiger partial charge in [0.15, 0.2) is 0 Å². The number of amidine groups is 1. The first-order valence-electron chi connectivity index (χ1n) is 10.1. The number of ether oxygens (including phenoxy) is 1. The van der Waals surface area contributed by atoms with Gasteiger partial charge in [0.1, 0.15) is 5.84 Å². The van der Waals surface area contributed by atoms with Crippen molar-refractivity contribution in [1.29, 1.82) is 5.41 Å². The van der Waals surface area contributed by atoms with Crippen LogP contribution in [-0.4, -0.2) is 61.0 Å². The summed E-state index contributed by atoms with van der Waals surface area (Å²) in [6.45, 7) is 2.53. The van der Waals surface area contributed by atoms with Gasteiger partial charge < -0.3 is 26.1 Å². The first kappa shape index (κ1) is 20.5. The molecule has 1 saturated heterocycles. The summed E-state index contributed by atoms with van der Waals surface area (Å²) in [5.41, 5.74) is 9.82. The Hall–Kier alpha value is -3.78. The third kappa shape index (κ3) is 4.70. The van der Waals surface area contributed by atoms with Crippen LogP contribution in [0.25, 0.3) is 0 Å². The number of benzodiazepines with no additional fused rings is 1. The number of morpholine rings is 1. The van der Waals surface area contributed by atoms with Crippen molar-refractivity contribution < 1.29 is 9.53 Å². The molecule has 4 N–H and O–H groups in total. The number of benzene rings is 2. The van der Waals surface area contributed by atoms with Gasteiger partial charge in [0.2, 0.25) is 6.17 Å². The van der Waals surface area contributed by atoms with E-state index in [1.54, 1.807) is 6.08 Å². The summed E-state index contributed by atoms with van der Waals surface area (Å²) in [6.07, 6.45) is 1.78. The van der Waals surface area contributed by atoms with Gasteiger partial charge in [-0.3, -0.25) is 4.79 Å². The van der Waals surface area contributed by atoms with Gasteiger partial charge in [-0.25, -0.2) is 9.98 Å². The summed E-state index contributed by atoms with van der Waals surface area (Å²) in [7, 11) is 0. The van der Waals surface area contributed by atoms with Crippen LogP contribution in [-0.2, 0) is 9.53 Å². The second-order valence-corrected chi connectivity index (χ2v) is 7.12. The Labute approximate surface area is 180 Å². The molecule has 1 unspecified atom stereocenters. The van der Waals surface area contributed by atoms with Crippen LogP contribution >= 0.6 is 0 Å². The lowest BCUT2D eigenvalue weighted by atomic mass is 10.0. The Balaban J connectivity index is 1.71. The lowest BCUT2D eigenvalue weighted by Crippen LogP contribution is -2.36. The summed E-state index contributed by atoms with van der Waals surface area (Å²) in [6, 6.07) is 17.2. The molecule has 31 heavy (non-hydrogen) atoms. The smallest absolute Gasteiger partial charge is 0.271 e. The molecule has 0 aromatic heterocycles. The number of aliphatic imine (C=N–C) groups is 2. The highest BCUT2D eigenvalue weighted by atomic mass is 16.5. The van der Waals surface area contributed by atoms with Crippen molar-refractivity contribution in [3.05, 3.63) is 77.5 Å². The first-order valence-corrected chi connectivity index (χ1v) is 10.1. The maximum absolute atomic E-state index is 12.9. The van der Waals surface area contributed by atoms with E-state index in [4.69, 9.17) is 15.9 Å². The fraction of sp³-hybridized carbons (Fsp3) is 0.217. The maximum atomic E-state index is 12.9. The monoisotopic (exact) mass is 416 g/mol. The minimum absolute atomic E-state index is 0.132. The highest BCUT2D eigenvalue weighted by Gasteiger charge is 2.25. The Morgan fingerprint density at radius 1 is 1.16 bits per heavy atom. The van der Waals surface area contributed by atoms with Gasteiger partial charge in [0, 0.05) is 36.5 Å². The van der Waals surface area contributed by atoms with E-state index in [0.29, 0.717) is 43.4 Å². The van der Waals surface area contributed by atoms with Crippen LogP contribution in [0.2, 0.25) is 0 Å². The minimum atomic E-state index is -1.05. The van der Waals surface area contributed by atoms with Crippen molar-refractivity contribution in [2.24, 2.45) is 15.7 Å². The fourth-order valence-electron chi connectivity index (χ4n) is 3.54. The van der Waals surface area contributed by atoms with Gasteiger partial charge in [-0.2, -0.15) is 0 Å². The summed E-state index contributed by atoms with van der Waals surface area (Å²) in [5.74, 6) is -0.232. The molecular weight excluding hydrogens is 392 g/mol. The van der Waals surface area contributed by atoms with E-state index in [0.717, 1.165) is 11.1 Å². The number of hydrogen-bond donors (Lipinski definition) is 3. The number of amides is 1. The second-order valence-electron chi connectivity index (χ2n) is 7.12. The quantitative estimate of drug-likeness (QED) is 0.511.